The molecule has 3 aromatic rings. The largest absolute Gasteiger partial charge is 0.353 e. The minimum Gasteiger partial charge on any atom is -0.353 e. The lowest BCUT2D eigenvalue weighted by molar-refractivity contribution is -0.122. The highest BCUT2D eigenvalue weighted by Gasteiger charge is 2.22. The number of para-hydroxylation sites is 1. The molecule has 0 saturated carbocycles. The molecule has 1 aliphatic rings. The average Bonchev–Trinajstić information content (AvgIpc) is 3.08. The van der Waals surface area contributed by atoms with Crippen molar-refractivity contribution in [1.29, 1.82) is 0 Å². The van der Waals surface area contributed by atoms with Gasteiger partial charge in [0.2, 0.25) is 11.8 Å². The van der Waals surface area contributed by atoms with Crippen molar-refractivity contribution >= 4 is 39.1 Å². The molecule has 9 heteroatoms. The van der Waals surface area contributed by atoms with E-state index in [0.29, 0.717) is 24.2 Å². The predicted molar refractivity (Wildman–Crippen MR) is 131 cm³/mol. The summed E-state index contributed by atoms with van der Waals surface area (Å²) in [5, 5.41) is 6.64. The van der Waals surface area contributed by atoms with Crippen molar-refractivity contribution < 1.29 is 9.59 Å². The van der Waals surface area contributed by atoms with E-state index in [4.69, 9.17) is 0 Å². The second-order valence-corrected chi connectivity index (χ2v) is 9.71. The van der Waals surface area contributed by atoms with Gasteiger partial charge in [0.05, 0.1) is 11.9 Å². The number of hydrogen-bond donors (Lipinski definition) is 3. The van der Waals surface area contributed by atoms with Gasteiger partial charge >= 0.3 is 0 Å². The van der Waals surface area contributed by atoms with Crippen LogP contribution in [0, 0.1) is 13.8 Å². The third kappa shape index (κ3) is 5.85. The van der Waals surface area contributed by atoms with Crippen molar-refractivity contribution in [2.24, 2.45) is 0 Å². The topological polar surface area (TPSA) is 107 Å². The van der Waals surface area contributed by atoms with Crippen molar-refractivity contribution in [2.45, 2.75) is 45.6 Å². The summed E-state index contributed by atoms with van der Waals surface area (Å²) in [6.45, 7) is 5.78. The Morgan fingerprint density at radius 1 is 1.15 bits per heavy atom. The number of fused-ring (bicyclic) bond motifs is 1. The zero-order valence-electron chi connectivity index (χ0n) is 18.9. The normalized spacial score (nSPS) is 15.0. The Kier molecular flexibility index (Phi) is 7.20. The van der Waals surface area contributed by atoms with Crippen molar-refractivity contribution in [3.05, 3.63) is 57.0 Å². The van der Waals surface area contributed by atoms with Gasteiger partial charge in [0, 0.05) is 42.5 Å². The quantitative estimate of drug-likeness (QED) is 0.495. The summed E-state index contributed by atoms with van der Waals surface area (Å²) < 4.78 is 0. The number of aromatic amines is 1. The van der Waals surface area contributed by atoms with Crippen LogP contribution in [0.3, 0.4) is 0 Å². The molecule has 1 fully saturated rings. The van der Waals surface area contributed by atoms with Crippen LogP contribution in [0.4, 0.5) is 5.69 Å². The van der Waals surface area contributed by atoms with Gasteiger partial charge in [-0.25, -0.2) is 4.98 Å². The lowest BCUT2D eigenvalue weighted by Crippen LogP contribution is -2.46. The van der Waals surface area contributed by atoms with Gasteiger partial charge in [-0.15, -0.1) is 11.3 Å². The predicted octanol–water partition coefficient (Wildman–Crippen LogP) is 2.75. The molecule has 0 atom stereocenters. The molecule has 0 bridgehead atoms. The number of carbonyl (C=O) groups excluding carboxylic acids is 2. The first-order valence-corrected chi connectivity index (χ1v) is 12.1. The van der Waals surface area contributed by atoms with Gasteiger partial charge in [-0.2, -0.15) is 0 Å². The van der Waals surface area contributed by atoms with Crippen LogP contribution in [-0.2, 0) is 16.0 Å². The van der Waals surface area contributed by atoms with E-state index in [-0.39, 0.29) is 29.8 Å². The summed E-state index contributed by atoms with van der Waals surface area (Å²) in [5.74, 6) is 0.470. The summed E-state index contributed by atoms with van der Waals surface area (Å²) >= 11 is 1.51. The van der Waals surface area contributed by atoms with Crippen LogP contribution in [0.5, 0.6) is 0 Å². The molecule has 1 saturated heterocycles. The Bertz CT molecular complexity index is 1200. The van der Waals surface area contributed by atoms with E-state index < -0.39 is 0 Å². The standard InChI is InChI=1S/C24H29N5O3S/c1-15-16(2)33-24-22(15)23(32)27-19(28-24)8-9-20(30)25-18-10-12-29(13-11-18)14-21(31)26-17-6-4-3-5-7-17/h3-7,18H,8-14H2,1-2H3,(H,25,30)(H,26,31)(H,27,28,32). The number of benzene rings is 1. The molecule has 0 radical (unpaired) electrons. The molecule has 2 amide bonds. The minimum absolute atomic E-state index is 0.0294. The van der Waals surface area contributed by atoms with E-state index in [2.05, 4.69) is 25.5 Å². The zero-order chi connectivity index (χ0) is 23.4. The molecule has 4 rings (SSSR count). The summed E-state index contributed by atoms with van der Waals surface area (Å²) in [4.78, 5) is 48.3. The molecule has 0 spiro atoms. The number of rotatable bonds is 7. The monoisotopic (exact) mass is 467 g/mol. The Morgan fingerprint density at radius 3 is 2.61 bits per heavy atom. The van der Waals surface area contributed by atoms with Gasteiger partial charge < -0.3 is 15.6 Å². The molecule has 33 heavy (non-hydrogen) atoms. The van der Waals surface area contributed by atoms with Gasteiger partial charge in [-0.05, 0) is 44.4 Å². The first-order valence-electron chi connectivity index (χ1n) is 11.2. The molecular weight excluding hydrogens is 438 g/mol. The number of aryl methyl sites for hydroxylation is 3. The maximum absolute atomic E-state index is 12.4. The first kappa shape index (κ1) is 23.1. The molecule has 8 nitrogen and oxygen atoms in total. The van der Waals surface area contributed by atoms with E-state index >= 15 is 0 Å². The van der Waals surface area contributed by atoms with Crippen molar-refractivity contribution in [3.8, 4) is 0 Å². The smallest absolute Gasteiger partial charge is 0.259 e. The van der Waals surface area contributed by atoms with E-state index in [0.717, 1.165) is 46.9 Å². The summed E-state index contributed by atoms with van der Waals surface area (Å²) in [6, 6.07) is 9.52. The Hall–Kier alpha value is -3.04. The molecule has 2 aromatic heterocycles. The average molecular weight is 468 g/mol. The van der Waals surface area contributed by atoms with Gasteiger partial charge in [0.1, 0.15) is 10.7 Å². The fraction of sp³-hybridized carbons (Fsp3) is 0.417. The number of thiophene rings is 1. The number of piperidine rings is 1. The van der Waals surface area contributed by atoms with Crippen LogP contribution >= 0.6 is 11.3 Å². The number of anilines is 1. The first-order chi connectivity index (χ1) is 15.9. The number of likely N-dealkylation sites (tertiary alicyclic amines) is 1. The van der Waals surface area contributed by atoms with Crippen LogP contribution < -0.4 is 16.2 Å². The lowest BCUT2D eigenvalue weighted by atomic mass is 10.0. The summed E-state index contributed by atoms with van der Waals surface area (Å²) in [5.41, 5.74) is 1.63. The highest BCUT2D eigenvalue weighted by atomic mass is 32.1. The zero-order valence-corrected chi connectivity index (χ0v) is 19.8. The van der Waals surface area contributed by atoms with E-state index in [1.54, 1.807) is 0 Å². The third-order valence-corrected chi connectivity index (χ3v) is 7.16. The number of amides is 2. The van der Waals surface area contributed by atoms with Crippen molar-refractivity contribution in [2.75, 3.05) is 25.0 Å². The van der Waals surface area contributed by atoms with Gasteiger partial charge in [-0.1, -0.05) is 18.2 Å². The fourth-order valence-electron chi connectivity index (χ4n) is 4.11. The van der Waals surface area contributed by atoms with E-state index in [9.17, 15) is 14.4 Å². The number of nitrogens with zero attached hydrogens (tertiary/aromatic N) is 2. The Morgan fingerprint density at radius 2 is 1.88 bits per heavy atom. The minimum atomic E-state index is -0.138. The second kappa shape index (κ2) is 10.3. The van der Waals surface area contributed by atoms with E-state index in [1.165, 1.54) is 11.3 Å². The number of hydrogen-bond acceptors (Lipinski definition) is 6. The van der Waals surface area contributed by atoms with Crippen LogP contribution in [0.25, 0.3) is 10.2 Å². The highest BCUT2D eigenvalue weighted by molar-refractivity contribution is 7.18. The third-order valence-electron chi connectivity index (χ3n) is 6.05. The van der Waals surface area contributed by atoms with Crippen LogP contribution in [0.1, 0.15) is 35.5 Å². The molecule has 3 heterocycles. The SMILES string of the molecule is Cc1sc2nc(CCC(=O)NC3CCN(CC(=O)Nc4ccccc4)CC3)[nH]c(=O)c2c1C. The molecule has 3 N–H and O–H groups in total. The number of aromatic nitrogens is 2. The molecule has 1 aliphatic heterocycles. The van der Waals surface area contributed by atoms with Gasteiger partial charge in [-0.3, -0.25) is 19.3 Å². The second-order valence-electron chi connectivity index (χ2n) is 8.51. The number of nitrogens with one attached hydrogen (secondary N) is 3. The van der Waals surface area contributed by atoms with E-state index in [1.807, 2.05) is 44.2 Å². The maximum atomic E-state index is 12.4. The fourth-order valence-corrected chi connectivity index (χ4v) is 5.16. The Balaban J connectivity index is 1.21. The van der Waals surface area contributed by atoms with Crippen molar-refractivity contribution in [3.63, 3.8) is 0 Å². The van der Waals surface area contributed by atoms with Crippen molar-refractivity contribution in [1.82, 2.24) is 20.2 Å². The molecule has 174 valence electrons. The van der Waals surface area contributed by atoms with Crippen LogP contribution in [0.15, 0.2) is 35.1 Å². The molecule has 0 aliphatic carbocycles. The number of carbonyl (C=O) groups is 2. The molecule has 0 unspecified atom stereocenters. The summed E-state index contributed by atoms with van der Waals surface area (Å²) in [6.07, 6.45) is 2.28. The summed E-state index contributed by atoms with van der Waals surface area (Å²) in [7, 11) is 0. The molecular formula is C24H29N5O3S. The van der Waals surface area contributed by atoms with Crippen LogP contribution in [0.2, 0.25) is 0 Å². The number of H-pyrrole nitrogens is 1. The lowest BCUT2D eigenvalue weighted by Gasteiger charge is -2.31. The Labute approximate surface area is 196 Å². The highest BCUT2D eigenvalue weighted by Crippen LogP contribution is 2.25. The maximum Gasteiger partial charge on any atom is 0.259 e. The van der Waals surface area contributed by atoms with Crippen LogP contribution in [-0.4, -0.2) is 52.4 Å². The van der Waals surface area contributed by atoms with Gasteiger partial charge in [0.15, 0.2) is 0 Å². The molecule has 1 aromatic carbocycles. The van der Waals surface area contributed by atoms with Gasteiger partial charge in [0.25, 0.3) is 5.56 Å².